The van der Waals surface area contributed by atoms with Crippen molar-refractivity contribution in [2.45, 2.75) is 6.92 Å². The topological polar surface area (TPSA) is 82.5 Å². The molecule has 1 saturated heterocycles. The smallest absolute Gasteiger partial charge is 0.270 e. The monoisotopic (exact) mass is 302 g/mol. The number of aryl methyl sites for hydroxylation is 1. The molecule has 1 aliphatic heterocycles. The number of benzene rings is 1. The molecule has 0 saturated carbocycles. The minimum absolute atomic E-state index is 0.0354. The molecule has 0 aliphatic carbocycles. The van der Waals surface area contributed by atoms with Crippen LogP contribution >= 0.6 is 0 Å². The molecule has 0 radical (unpaired) electrons. The number of nitro groups is 1. The van der Waals surface area contributed by atoms with E-state index in [1.165, 1.54) is 12.1 Å². The average molecular weight is 302 g/mol. The molecule has 1 N–H and O–H groups in total. The minimum atomic E-state index is -0.423. The maximum Gasteiger partial charge on any atom is 0.270 e. The summed E-state index contributed by atoms with van der Waals surface area (Å²) in [6, 6.07) is 4.62. The maximum atomic E-state index is 12.7. The second-order valence-corrected chi connectivity index (χ2v) is 5.71. The molecule has 7 nitrogen and oxygen atoms in total. The van der Waals surface area contributed by atoms with Crippen molar-refractivity contribution in [3.8, 4) is 0 Å². The Bertz CT molecular complexity index is 745. The molecule has 2 aromatic rings. The van der Waals surface area contributed by atoms with Crippen molar-refractivity contribution in [2.24, 2.45) is 0 Å². The average Bonchev–Trinajstić information content (AvgIpc) is 2.84. The van der Waals surface area contributed by atoms with Gasteiger partial charge in [-0.15, -0.1) is 0 Å². The van der Waals surface area contributed by atoms with Crippen molar-refractivity contribution in [1.29, 1.82) is 0 Å². The van der Waals surface area contributed by atoms with Gasteiger partial charge in [0.05, 0.1) is 4.92 Å². The molecule has 1 aromatic heterocycles. The van der Waals surface area contributed by atoms with E-state index in [1.54, 1.807) is 6.07 Å². The van der Waals surface area contributed by atoms with E-state index >= 15 is 0 Å². The van der Waals surface area contributed by atoms with Gasteiger partial charge in [0.2, 0.25) is 0 Å². The molecule has 22 heavy (non-hydrogen) atoms. The number of nitrogens with zero attached hydrogens (tertiary/aromatic N) is 3. The van der Waals surface area contributed by atoms with Crippen LogP contribution in [0.25, 0.3) is 10.9 Å². The molecule has 7 heteroatoms. The van der Waals surface area contributed by atoms with Crippen molar-refractivity contribution in [1.82, 2.24) is 14.8 Å². The normalized spacial score (nSPS) is 16.2. The lowest BCUT2D eigenvalue weighted by molar-refractivity contribution is -0.384. The fraction of sp³-hybridized carbons (Fsp3) is 0.400. The lowest BCUT2D eigenvalue weighted by atomic mass is 10.1. The highest BCUT2D eigenvalue weighted by Crippen LogP contribution is 2.26. The molecule has 1 aliphatic rings. The number of aromatic amines is 1. The molecule has 0 atom stereocenters. The van der Waals surface area contributed by atoms with E-state index in [2.05, 4.69) is 9.88 Å². The zero-order chi connectivity index (χ0) is 15.9. The van der Waals surface area contributed by atoms with Crippen molar-refractivity contribution in [3.63, 3.8) is 0 Å². The van der Waals surface area contributed by atoms with E-state index in [1.807, 2.05) is 18.9 Å². The van der Waals surface area contributed by atoms with Gasteiger partial charge in [0.1, 0.15) is 5.69 Å². The molecule has 116 valence electrons. The number of hydrogen-bond donors (Lipinski definition) is 1. The first-order valence-corrected chi connectivity index (χ1v) is 7.22. The van der Waals surface area contributed by atoms with Gasteiger partial charge in [-0.05, 0) is 25.6 Å². The number of rotatable bonds is 2. The Morgan fingerprint density at radius 3 is 2.59 bits per heavy atom. The van der Waals surface area contributed by atoms with Crippen LogP contribution in [0.15, 0.2) is 18.2 Å². The van der Waals surface area contributed by atoms with Gasteiger partial charge >= 0.3 is 0 Å². The Morgan fingerprint density at radius 1 is 1.27 bits per heavy atom. The van der Waals surface area contributed by atoms with Gasteiger partial charge < -0.3 is 14.8 Å². The quantitative estimate of drug-likeness (QED) is 0.677. The van der Waals surface area contributed by atoms with E-state index in [9.17, 15) is 14.9 Å². The number of fused-ring (bicyclic) bond motifs is 1. The van der Waals surface area contributed by atoms with Gasteiger partial charge in [0.15, 0.2) is 0 Å². The summed E-state index contributed by atoms with van der Waals surface area (Å²) in [5, 5.41) is 11.6. The molecule has 0 spiro atoms. The van der Waals surface area contributed by atoms with Crippen LogP contribution in [0.5, 0.6) is 0 Å². The van der Waals surface area contributed by atoms with E-state index in [0.29, 0.717) is 18.8 Å². The van der Waals surface area contributed by atoms with Gasteiger partial charge in [0.25, 0.3) is 11.6 Å². The first kappa shape index (κ1) is 14.5. The van der Waals surface area contributed by atoms with E-state index in [4.69, 9.17) is 0 Å². The number of piperazine rings is 1. The van der Waals surface area contributed by atoms with Crippen LogP contribution in [-0.4, -0.2) is 58.8 Å². The predicted octanol–water partition coefficient (Wildman–Crippen LogP) is 1.77. The number of H-pyrrole nitrogens is 1. The number of carbonyl (C=O) groups excluding carboxylic acids is 1. The second-order valence-electron chi connectivity index (χ2n) is 5.71. The number of likely N-dealkylation sites (N-methyl/N-ethyl adjacent to an activating group) is 1. The zero-order valence-corrected chi connectivity index (χ0v) is 12.6. The van der Waals surface area contributed by atoms with Crippen molar-refractivity contribution in [2.75, 3.05) is 33.2 Å². The first-order valence-electron chi connectivity index (χ1n) is 7.22. The van der Waals surface area contributed by atoms with Gasteiger partial charge in [-0.25, -0.2) is 0 Å². The summed E-state index contributed by atoms with van der Waals surface area (Å²) in [7, 11) is 2.04. The second kappa shape index (κ2) is 5.42. The van der Waals surface area contributed by atoms with Crippen LogP contribution in [-0.2, 0) is 0 Å². The van der Waals surface area contributed by atoms with Crippen LogP contribution < -0.4 is 0 Å². The lowest BCUT2D eigenvalue weighted by Crippen LogP contribution is -2.47. The number of non-ortho nitro benzene ring substituents is 1. The number of carbonyl (C=O) groups is 1. The van der Waals surface area contributed by atoms with Crippen molar-refractivity contribution >= 4 is 22.5 Å². The summed E-state index contributed by atoms with van der Waals surface area (Å²) in [6.45, 7) is 4.94. The largest absolute Gasteiger partial charge is 0.350 e. The highest BCUT2D eigenvalue weighted by Gasteiger charge is 2.24. The molecule has 0 unspecified atom stereocenters. The third-order valence-electron chi connectivity index (χ3n) is 4.26. The predicted molar refractivity (Wildman–Crippen MR) is 83.1 cm³/mol. The number of nitro benzene ring substituents is 1. The molecule has 1 aromatic carbocycles. The third kappa shape index (κ3) is 2.43. The summed E-state index contributed by atoms with van der Waals surface area (Å²) in [5.41, 5.74) is 2.08. The number of hydrogen-bond acceptors (Lipinski definition) is 4. The zero-order valence-electron chi connectivity index (χ0n) is 12.6. The Hall–Kier alpha value is -2.41. The van der Waals surface area contributed by atoms with Crippen LogP contribution in [0.4, 0.5) is 5.69 Å². The molecule has 1 amide bonds. The van der Waals surface area contributed by atoms with Crippen LogP contribution in [0.3, 0.4) is 0 Å². The van der Waals surface area contributed by atoms with E-state index in [0.717, 1.165) is 29.6 Å². The van der Waals surface area contributed by atoms with Crippen molar-refractivity contribution < 1.29 is 9.72 Å². The Labute approximate surface area is 127 Å². The van der Waals surface area contributed by atoms with Crippen LogP contribution in [0.2, 0.25) is 0 Å². The standard InChI is InChI=1S/C15H18N4O3/c1-10-12-9-11(19(21)22)3-4-13(12)16-14(10)15(20)18-7-5-17(2)6-8-18/h3-4,9,16H,5-8H2,1-2H3. The maximum absolute atomic E-state index is 12.7. The number of nitrogens with one attached hydrogen (secondary N) is 1. The van der Waals surface area contributed by atoms with Crippen LogP contribution in [0, 0.1) is 17.0 Å². The Kier molecular flexibility index (Phi) is 3.58. The van der Waals surface area contributed by atoms with E-state index < -0.39 is 4.92 Å². The number of amides is 1. The highest BCUT2D eigenvalue weighted by molar-refractivity contribution is 6.01. The Morgan fingerprint density at radius 2 is 1.95 bits per heavy atom. The lowest BCUT2D eigenvalue weighted by Gasteiger charge is -2.32. The molecule has 3 rings (SSSR count). The first-order chi connectivity index (χ1) is 10.5. The van der Waals surface area contributed by atoms with Gasteiger partial charge in [-0.1, -0.05) is 0 Å². The molecule has 1 fully saturated rings. The van der Waals surface area contributed by atoms with Crippen molar-refractivity contribution in [3.05, 3.63) is 39.6 Å². The summed E-state index contributed by atoms with van der Waals surface area (Å²) in [4.78, 5) is 30.2. The molecular weight excluding hydrogens is 284 g/mol. The summed E-state index contributed by atoms with van der Waals surface area (Å²) in [5.74, 6) is -0.0375. The fourth-order valence-electron chi connectivity index (χ4n) is 2.81. The van der Waals surface area contributed by atoms with E-state index in [-0.39, 0.29) is 11.6 Å². The number of aromatic nitrogens is 1. The van der Waals surface area contributed by atoms with Gasteiger partial charge in [0, 0.05) is 49.2 Å². The summed E-state index contributed by atoms with van der Waals surface area (Å²) in [6.07, 6.45) is 0. The molecule has 0 bridgehead atoms. The minimum Gasteiger partial charge on any atom is -0.350 e. The Balaban J connectivity index is 1.95. The molecule has 2 heterocycles. The summed E-state index contributed by atoms with van der Waals surface area (Å²) < 4.78 is 0. The van der Waals surface area contributed by atoms with Gasteiger partial charge in [-0.2, -0.15) is 0 Å². The van der Waals surface area contributed by atoms with Crippen LogP contribution in [0.1, 0.15) is 16.1 Å². The van der Waals surface area contributed by atoms with Gasteiger partial charge in [-0.3, -0.25) is 14.9 Å². The SMILES string of the molecule is Cc1c(C(=O)N2CCN(C)CC2)[nH]c2ccc([N+](=O)[O-])cc12. The fourth-order valence-corrected chi connectivity index (χ4v) is 2.81. The third-order valence-corrected chi connectivity index (χ3v) is 4.26. The molecular formula is C15H18N4O3. The summed E-state index contributed by atoms with van der Waals surface area (Å²) >= 11 is 0. The highest BCUT2D eigenvalue weighted by atomic mass is 16.6.